The van der Waals surface area contributed by atoms with Crippen molar-refractivity contribution in [3.63, 3.8) is 0 Å². The van der Waals surface area contributed by atoms with Crippen LogP contribution < -0.4 is 9.47 Å². The predicted molar refractivity (Wildman–Crippen MR) is 119 cm³/mol. The predicted octanol–water partition coefficient (Wildman–Crippen LogP) is 3.92. The van der Waals surface area contributed by atoms with E-state index in [1.165, 1.54) is 19.1 Å². The molecule has 164 valence electrons. The zero-order valence-corrected chi connectivity index (χ0v) is 19.1. The van der Waals surface area contributed by atoms with Crippen LogP contribution in [0.4, 0.5) is 0 Å². The number of methoxy groups -OCH3 is 3. The number of likely N-dealkylation sites (tertiary alicyclic amines) is 1. The first-order valence-corrected chi connectivity index (χ1v) is 10.5. The molecule has 0 aliphatic carbocycles. The summed E-state index contributed by atoms with van der Waals surface area (Å²) in [4.78, 5) is 27.4. The number of rotatable bonds is 8. The summed E-state index contributed by atoms with van der Waals surface area (Å²) in [6.07, 6.45) is 0.532. The highest BCUT2D eigenvalue weighted by molar-refractivity contribution is 9.10. The molecule has 0 bridgehead atoms. The van der Waals surface area contributed by atoms with Gasteiger partial charge in [-0.25, -0.2) is 0 Å². The van der Waals surface area contributed by atoms with Crippen LogP contribution >= 0.6 is 15.9 Å². The van der Waals surface area contributed by atoms with E-state index in [9.17, 15) is 14.7 Å². The standard InChI is InChI=1S/C23H24BrNO6/c1-29-13-5-12-25-19(16-6-4-7-17(30-2)22(16)31-3)18(21(27)23(25)28)20(26)14-8-10-15(24)11-9-14/h4,6-11,19,26H,5,12-13H2,1-3H3/b20-18+. The van der Waals surface area contributed by atoms with Gasteiger partial charge in [0.15, 0.2) is 11.5 Å². The number of ketones is 1. The molecule has 1 fully saturated rings. The van der Waals surface area contributed by atoms with Crippen LogP contribution in [0.2, 0.25) is 0 Å². The highest BCUT2D eigenvalue weighted by Crippen LogP contribution is 2.45. The van der Waals surface area contributed by atoms with Crippen LogP contribution in [0.3, 0.4) is 0 Å². The average molecular weight is 490 g/mol. The van der Waals surface area contributed by atoms with E-state index in [0.717, 1.165) is 4.47 Å². The van der Waals surface area contributed by atoms with E-state index in [4.69, 9.17) is 14.2 Å². The molecule has 0 saturated carbocycles. The molecule has 1 unspecified atom stereocenters. The highest BCUT2D eigenvalue weighted by Gasteiger charge is 2.47. The molecule has 1 saturated heterocycles. The number of nitrogens with zero attached hydrogens (tertiary/aromatic N) is 1. The Labute approximate surface area is 189 Å². The van der Waals surface area contributed by atoms with Crippen LogP contribution in [0.25, 0.3) is 5.76 Å². The number of benzene rings is 2. The number of hydrogen-bond acceptors (Lipinski definition) is 6. The fraction of sp³-hybridized carbons (Fsp3) is 0.304. The molecule has 3 rings (SSSR count). The van der Waals surface area contributed by atoms with Crippen molar-refractivity contribution in [2.45, 2.75) is 12.5 Å². The molecule has 1 amide bonds. The molecule has 2 aromatic carbocycles. The number of carbonyl (C=O) groups excluding carboxylic acids is 2. The third-order valence-electron chi connectivity index (χ3n) is 5.13. The average Bonchev–Trinajstić information content (AvgIpc) is 3.03. The third kappa shape index (κ3) is 4.45. The van der Waals surface area contributed by atoms with Crippen molar-refractivity contribution in [1.82, 2.24) is 4.90 Å². The van der Waals surface area contributed by atoms with Gasteiger partial charge in [-0.1, -0.05) is 40.2 Å². The van der Waals surface area contributed by atoms with E-state index >= 15 is 0 Å². The van der Waals surface area contributed by atoms with Crippen LogP contribution in [0.15, 0.2) is 52.5 Å². The van der Waals surface area contributed by atoms with Gasteiger partial charge in [0.05, 0.1) is 25.8 Å². The molecule has 7 nitrogen and oxygen atoms in total. The lowest BCUT2D eigenvalue weighted by Gasteiger charge is -2.27. The summed E-state index contributed by atoms with van der Waals surface area (Å²) < 4.78 is 16.9. The Kier molecular flexibility index (Phi) is 7.35. The van der Waals surface area contributed by atoms with Crippen molar-refractivity contribution in [1.29, 1.82) is 0 Å². The SMILES string of the molecule is COCCCN1C(=O)C(=O)/C(=C(/O)c2ccc(Br)cc2)C1c1cccc(OC)c1OC. The van der Waals surface area contributed by atoms with Crippen LogP contribution in [-0.4, -0.2) is 56.2 Å². The number of carbonyl (C=O) groups is 2. The molecule has 0 aromatic heterocycles. The number of para-hydroxylation sites is 1. The molecule has 2 aromatic rings. The first-order valence-electron chi connectivity index (χ1n) is 9.68. The molecule has 31 heavy (non-hydrogen) atoms. The zero-order valence-electron chi connectivity index (χ0n) is 17.6. The molecule has 1 heterocycles. The quantitative estimate of drug-likeness (QED) is 0.261. The number of hydrogen-bond donors (Lipinski definition) is 1. The van der Waals surface area contributed by atoms with Gasteiger partial charge in [-0.15, -0.1) is 0 Å². The van der Waals surface area contributed by atoms with Crippen molar-refractivity contribution >= 4 is 33.4 Å². The van der Waals surface area contributed by atoms with Crippen molar-refractivity contribution in [3.05, 3.63) is 63.6 Å². The number of halogens is 1. The largest absolute Gasteiger partial charge is 0.507 e. The Bertz CT molecular complexity index is 1000. The second-order valence-corrected chi connectivity index (χ2v) is 7.84. The summed E-state index contributed by atoms with van der Waals surface area (Å²) >= 11 is 3.36. The van der Waals surface area contributed by atoms with Crippen LogP contribution in [0.5, 0.6) is 11.5 Å². The maximum atomic E-state index is 13.0. The van der Waals surface area contributed by atoms with Gasteiger partial charge in [0.1, 0.15) is 5.76 Å². The first kappa shape index (κ1) is 22.8. The van der Waals surface area contributed by atoms with Gasteiger partial charge in [0, 0.05) is 35.9 Å². The molecule has 1 atom stereocenters. The van der Waals surface area contributed by atoms with Gasteiger partial charge in [0.25, 0.3) is 11.7 Å². The van der Waals surface area contributed by atoms with Gasteiger partial charge < -0.3 is 24.2 Å². The summed E-state index contributed by atoms with van der Waals surface area (Å²) in [6.45, 7) is 0.707. The topological polar surface area (TPSA) is 85.3 Å². The third-order valence-corrected chi connectivity index (χ3v) is 5.66. The van der Waals surface area contributed by atoms with Gasteiger partial charge in [-0.2, -0.15) is 0 Å². The molecule has 0 spiro atoms. The number of amides is 1. The molecular formula is C23H24BrNO6. The molecule has 0 radical (unpaired) electrons. The van der Waals surface area contributed by atoms with E-state index in [0.29, 0.717) is 35.7 Å². The molecular weight excluding hydrogens is 466 g/mol. The van der Waals surface area contributed by atoms with E-state index in [2.05, 4.69) is 15.9 Å². The smallest absolute Gasteiger partial charge is 0.295 e. The fourth-order valence-electron chi connectivity index (χ4n) is 3.70. The normalized spacial score (nSPS) is 17.8. The molecule has 1 N–H and O–H groups in total. The van der Waals surface area contributed by atoms with Gasteiger partial charge in [-0.3, -0.25) is 9.59 Å². The summed E-state index contributed by atoms with van der Waals surface area (Å²) in [5, 5.41) is 11.1. The number of aliphatic hydroxyl groups is 1. The molecule has 8 heteroatoms. The zero-order chi connectivity index (χ0) is 22.5. The lowest BCUT2D eigenvalue weighted by molar-refractivity contribution is -0.140. The number of aliphatic hydroxyl groups excluding tert-OH is 1. The van der Waals surface area contributed by atoms with Crippen molar-refractivity contribution < 1.29 is 28.9 Å². The Morgan fingerprint density at radius 2 is 1.77 bits per heavy atom. The monoisotopic (exact) mass is 489 g/mol. The summed E-state index contributed by atoms with van der Waals surface area (Å²) in [7, 11) is 4.58. The summed E-state index contributed by atoms with van der Waals surface area (Å²) in [5.41, 5.74) is 0.998. The van der Waals surface area contributed by atoms with Crippen molar-refractivity contribution in [2.24, 2.45) is 0 Å². The maximum Gasteiger partial charge on any atom is 0.295 e. The fourth-order valence-corrected chi connectivity index (χ4v) is 3.97. The Morgan fingerprint density at radius 3 is 2.39 bits per heavy atom. The highest BCUT2D eigenvalue weighted by atomic mass is 79.9. The summed E-state index contributed by atoms with van der Waals surface area (Å²) in [5.74, 6) is -0.797. The van der Waals surface area contributed by atoms with Gasteiger partial charge in [0.2, 0.25) is 0 Å². The Morgan fingerprint density at radius 1 is 1.06 bits per heavy atom. The van der Waals surface area contributed by atoms with Crippen LogP contribution in [-0.2, 0) is 14.3 Å². The molecule has 1 aliphatic rings. The Hall–Kier alpha value is -2.84. The maximum absolute atomic E-state index is 13.0. The minimum Gasteiger partial charge on any atom is -0.507 e. The van der Waals surface area contributed by atoms with Gasteiger partial charge in [-0.05, 0) is 24.6 Å². The van der Waals surface area contributed by atoms with E-state index in [1.54, 1.807) is 49.6 Å². The second kappa shape index (κ2) is 9.98. The van der Waals surface area contributed by atoms with E-state index in [1.807, 2.05) is 0 Å². The van der Waals surface area contributed by atoms with Crippen molar-refractivity contribution in [2.75, 3.05) is 34.5 Å². The minimum atomic E-state index is -0.828. The van der Waals surface area contributed by atoms with Gasteiger partial charge >= 0.3 is 0 Å². The van der Waals surface area contributed by atoms with Crippen molar-refractivity contribution in [3.8, 4) is 11.5 Å². The lowest BCUT2D eigenvalue weighted by atomic mass is 9.94. The number of Topliss-reactive ketones (excluding diaryl/α,β-unsaturated/α-hetero) is 1. The first-order chi connectivity index (χ1) is 14.9. The number of ether oxygens (including phenoxy) is 3. The minimum absolute atomic E-state index is 0.0105. The van der Waals surface area contributed by atoms with Crippen LogP contribution in [0.1, 0.15) is 23.6 Å². The Balaban J connectivity index is 2.21. The second-order valence-electron chi connectivity index (χ2n) is 6.93. The van der Waals surface area contributed by atoms with E-state index < -0.39 is 17.7 Å². The molecule has 1 aliphatic heterocycles. The van der Waals surface area contributed by atoms with E-state index in [-0.39, 0.29) is 17.9 Å². The summed E-state index contributed by atoms with van der Waals surface area (Å²) in [6, 6.07) is 11.3. The lowest BCUT2D eigenvalue weighted by Crippen LogP contribution is -2.31. The van der Waals surface area contributed by atoms with Crippen LogP contribution in [0, 0.1) is 0 Å².